The van der Waals surface area contributed by atoms with E-state index in [9.17, 15) is 0 Å². The molecule has 0 saturated carbocycles. The third-order valence-electron chi connectivity index (χ3n) is 3.42. The number of aryl methyl sites for hydroxylation is 2. The molecule has 0 bridgehead atoms. The van der Waals surface area contributed by atoms with Crippen molar-refractivity contribution >= 4 is 11.6 Å². The molecule has 0 spiro atoms. The van der Waals surface area contributed by atoms with Gasteiger partial charge in [0.1, 0.15) is 5.82 Å². The minimum atomic E-state index is 0.795. The number of hydrogen-bond acceptors (Lipinski definition) is 2. The zero-order valence-electron chi connectivity index (χ0n) is 12.0. The van der Waals surface area contributed by atoms with Crippen molar-refractivity contribution in [3.8, 4) is 0 Å². The van der Waals surface area contributed by atoms with Crippen molar-refractivity contribution in [3.05, 3.63) is 53.1 Å². The second-order valence-corrected chi connectivity index (χ2v) is 5.47. The minimum Gasteiger partial charge on any atom is -0.335 e. The first kappa shape index (κ1) is 15.1. The average Bonchev–Trinajstić information content (AvgIpc) is 2.85. The highest BCUT2D eigenvalue weighted by atomic mass is 35.5. The molecule has 0 amide bonds. The summed E-state index contributed by atoms with van der Waals surface area (Å²) in [6.07, 6.45) is 7.57. The zero-order valence-corrected chi connectivity index (χ0v) is 12.7. The number of halogens is 1. The van der Waals surface area contributed by atoms with Gasteiger partial charge in [0.15, 0.2) is 0 Å². The van der Waals surface area contributed by atoms with Gasteiger partial charge >= 0.3 is 0 Å². The summed E-state index contributed by atoms with van der Waals surface area (Å²) in [6.45, 7) is 5.10. The molecule has 0 radical (unpaired) electrons. The predicted octanol–water partition coefficient (Wildman–Crippen LogP) is 3.81. The van der Waals surface area contributed by atoms with E-state index in [1.54, 1.807) is 0 Å². The molecular formula is C16H22ClN3. The first-order chi connectivity index (χ1) is 9.75. The fourth-order valence-electron chi connectivity index (χ4n) is 2.18. The lowest BCUT2D eigenvalue weighted by molar-refractivity contribution is 0.552. The van der Waals surface area contributed by atoms with Crippen molar-refractivity contribution in [1.82, 2.24) is 14.9 Å². The molecule has 4 heteroatoms. The van der Waals surface area contributed by atoms with E-state index in [0.29, 0.717) is 0 Å². The molecule has 2 aromatic rings. The van der Waals surface area contributed by atoms with Crippen LogP contribution in [0.5, 0.6) is 0 Å². The molecule has 2 rings (SSSR count). The summed E-state index contributed by atoms with van der Waals surface area (Å²) in [4.78, 5) is 4.23. The van der Waals surface area contributed by atoms with Crippen LogP contribution in [0.4, 0.5) is 0 Å². The van der Waals surface area contributed by atoms with Gasteiger partial charge in [-0.25, -0.2) is 4.98 Å². The van der Waals surface area contributed by atoms with Crippen LogP contribution in [-0.2, 0) is 13.1 Å². The average molecular weight is 292 g/mol. The van der Waals surface area contributed by atoms with E-state index in [2.05, 4.69) is 27.0 Å². The Balaban J connectivity index is 1.52. The number of rotatable bonds is 8. The van der Waals surface area contributed by atoms with E-state index < -0.39 is 0 Å². The molecule has 108 valence electrons. The molecule has 1 aromatic heterocycles. The van der Waals surface area contributed by atoms with Crippen molar-refractivity contribution in [3.63, 3.8) is 0 Å². The van der Waals surface area contributed by atoms with E-state index in [1.807, 2.05) is 31.5 Å². The van der Waals surface area contributed by atoms with Gasteiger partial charge in [-0.05, 0) is 44.0 Å². The van der Waals surface area contributed by atoms with Gasteiger partial charge in [-0.1, -0.05) is 30.2 Å². The van der Waals surface area contributed by atoms with Gasteiger partial charge in [0, 0.05) is 30.5 Å². The van der Waals surface area contributed by atoms with Gasteiger partial charge < -0.3 is 9.88 Å². The quantitative estimate of drug-likeness (QED) is 0.750. The van der Waals surface area contributed by atoms with Crippen LogP contribution < -0.4 is 5.32 Å². The van der Waals surface area contributed by atoms with Crippen LogP contribution in [-0.4, -0.2) is 16.1 Å². The molecule has 0 aliphatic heterocycles. The Morgan fingerprint density at radius 1 is 1.15 bits per heavy atom. The highest BCUT2D eigenvalue weighted by Crippen LogP contribution is 2.09. The van der Waals surface area contributed by atoms with Gasteiger partial charge in [0.2, 0.25) is 0 Å². The van der Waals surface area contributed by atoms with Gasteiger partial charge in [0.25, 0.3) is 0 Å². The van der Waals surface area contributed by atoms with Crippen LogP contribution in [0.3, 0.4) is 0 Å². The SMILES string of the molecule is Cc1nccn1CCCCCNCc1ccc(Cl)cc1. The maximum atomic E-state index is 5.86. The molecule has 0 saturated heterocycles. The molecule has 20 heavy (non-hydrogen) atoms. The number of unbranched alkanes of at least 4 members (excludes halogenated alkanes) is 2. The smallest absolute Gasteiger partial charge is 0.105 e. The number of nitrogens with one attached hydrogen (secondary N) is 1. The Bertz CT molecular complexity index is 505. The Labute approximate surface area is 126 Å². The number of hydrogen-bond donors (Lipinski definition) is 1. The van der Waals surface area contributed by atoms with E-state index in [0.717, 1.165) is 30.5 Å². The predicted molar refractivity (Wildman–Crippen MR) is 84.0 cm³/mol. The van der Waals surface area contributed by atoms with Crippen molar-refractivity contribution < 1.29 is 0 Å². The minimum absolute atomic E-state index is 0.795. The van der Waals surface area contributed by atoms with Crippen LogP contribution >= 0.6 is 11.6 Å². The Morgan fingerprint density at radius 3 is 2.65 bits per heavy atom. The summed E-state index contributed by atoms with van der Waals surface area (Å²) in [5, 5.41) is 4.26. The van der Waals surface area contributed by atoms with Crippen molar-refractivity contribution in [1.29, 1.82) is 0 Å². The largest absolute Gasteiger partial charge is 0.335 e. The van der Waals surface area contributed by atoms with Gasteiger partial charge in [-0.3, -0.25) is 0 Å². The molecule has 0 unspecified atom stereocenters. The standard InChI is InChI=1S/C16H22ClN3/c1-14-19-10-12-20(14)11-4-2-3-9-18-13-15-5-7-16(17)8-6-15/h5-8,10,12,18H,2-4,9,11,13H2,1H3. The summed E-state index contributed by atoms with van der Waals surface area (Å²) in [7, 11) is 0. The Hall–Kier alpha value is -1.32. The summed E-state index contributed by atoms with van der Waals surface area (Å²) in [6, 6.07) is 8.01. The van der Waals surface area contributed by atoms with E-state index in [1.165, 1.54) is 24.8 Å². The van der Waals surface area contributed by atoms with Crippen LogP contribution in [0.25, 0.3) is 0 Å². The maximum Gasteiger partial charge on any atom is 0.105 e. The highest BCUT2D eigenvalue weighted by molar-refractivity contribution is 6.30. The topological polar surface area (TPSA) is 29.9 Å². The molecule has 0 atom stereocenters. The third-order valence-corrected chi connectivity index (χ3v) is 3.67. The summed E-state index contributed by atoms with van der Waals surface area (Å²) < 4.78 is 2.21. The monoisotopic (exact) mass is 291 g/mol. The van der Waals surface area contributed by atoms with Crippen molar-refractivity contribution in [2.75, 3.05) is 6.54 Å². The first-order valence-corrected chi connectivity index (χ1v) is 7.56. The second kappa shape index (κ2) is 8.08. The number of aromatic nitrogens is 2. The third kappa shape index (κ3) is 4.99. The second-order valence-electron chi connectivity index (χ2n) is 5.03. The fraction of sp³-hybridized carbons (Fsp3) is 0.438. The number of nitrogens with zero attached hydrogens (tertiary/aromatic N) is 2. The van der Waals surface area contributed by atoms with E-state index >= 15 is 0 Å². The maximum absolute atomic E-state index is 5.86. The van der Waals surface area contributed by atoms with Crippen molar-refractivity contribution in [2.45, 2.75) is 39.3 Å². The van der Waals surface area contributed by atoms with Crippen molar-refractivity contribution in [2.24, 2.45) is 0 Å². The molecule has 1 N–H and O–H groups in total. The van der Waals surface area contributed by atoms with Crippen LogP contribution in [0.2, 0.25) is 5.02 Å². The Kier molecular flexibility index (Phi) is 6.09. The summed E-state index contributed by atoms with van der Waals surface area (Å²) >= 11 is 5.86. The lowest BCUT2D eigenvalue weighted by atomic mass is 10.2. The van der Waals surface area contributed by atoms with Gasteiger partial charge in [-0.2, -0.15) is 0 Å². The summed E-state index contributed by atoms with van der Waals surface area (Å²) in [5.74, 6) is 1.10. The van der Waals surface area contributed by atoms with Gasteiger partial charge in [-0.15, -0.1) is 0 Å². The normalized spacial score (nSPS) is 10.9. The molecule has 0 aliphatic carbocycles. The van der Waals surface area contributed by atoms with E-state index in [4.69, 9.17) is 11.6 Å². The van der Waals surface area contributed by atoms with Crippen LogP contribution in [0.1, 0.15) is 30.7 Å². The lowest BCUT2D eigenvalue weighted by Gasteiger charge is -2.06. The molecular weight excluding hydrogens is 270 g/mol. The number of imidazole rings is 1. The molecule has 1 heterocycles. The number of benzene rings is 1. The zero-order chi connectivity index (χ0) is 14.2. The molecule has 0 aliphatic rings. The first-order valence-electron chi connectivity index (χ1n) is 7.18. The highest BCUT2D eigenvalue weighted by Gasteiger charge is 1.97. The fourth-order valence-corrected chi connectivity index (χ4v) is 2.31. The molecule has 0 fully saturated rings. The summed E-state index contributed by atoms with van der Waals surface area (Å²) in [5.41, 5.74) is 1.28. The molecule has 3 nitrogen and oxygen atoms in total. The van der Waals surface area contributed by atoms with Crippen LogP contribution in [0, 0.1) is 6.92 Å². The Morgan fingerprint density at radius 2 is 1.95 bits per heavy atom. The molecule has 1 aromatic carbocycles. The van der Waals surface area contributed by atoms with Gasteiger partial charge in [0.05, 0.1) is 0 Å². The lowest BCUT2D eigenvalue weighted by Crippen LogP contribution is -2.14. The van der Waals surface area contributed by atoms with Crippen LogP contribution in [0.15, 0.2) is 36.7 Å². The van der Waals surface area contributed by atoms with E-state index in [-0.39, 0.29) is 0 Å².